The minimum absolute atomic E-state index is 0.0162. The molecule has 2 aromatic rings. The second-order valence-corrected chi connectivity index (χ2v) is 9.14. The second kappa shape index (κ2) is 12.2. The van der Waals surface area contributed by atoms with Gasteiger partial charge in [0, 0.05) is 24.1 Å². The highest BCUT2D eigenvalue weighted by Crippen LogP contribution is 2.38. The van der Waals surface area contributed by atoms with Crippen LogP contribution in [0.3, 0.4) is 0 Å². The molecule has 6 nitrogen and oxygen atoms in total. The molecule has 2 rings (SSSR count). The number of aliphatic carboxylic acids is 1. The molecule has 0 radical (unpaired) electrons. The number of hydrogen-bond donors (Lipinski definition) is 3. The van der Waals surface area contributed by atoms with Crippen LogP contribution in [0.4, 0.5) is 4.39 Å². The molecule has 1 heterocycles. The van der Waals surface area contributed by atoms with E-state index in [1.807, 2.05) is 0 Å². The number of aromatic nitrogens is 1. The molecule has 0 aliphatic heterocycles. The number of ether oxygens (including phenoxy) is 1. The first-order valence-electron chi connectivity index (χ1n) is 11.4. The predicted molar refractivity (Wildman–Crippen MR) is 126 cm³/mol. The lowest BCUT2D eigenvalue weighted by Crippen LogP contribution is -2.21. The van der Waals surface area contributed by atoms with E-state index in [1.54, 1.807) is 19.2 Å². The lowest BCUT2D eigenvalue weighted by molar-refractivity contribution is -0.139. The van der Waals surface area contributed by atoms with Gasteiger partial charge in [-0.15, -0.1) is 0 Å². The van der Waals surface area contributed by atoms with Crippen molar-refractivity contribution in [3.05, 3.63) is 52.6 Å². The summed E-state index contributed by atoms with van der Waals surface area (Å²) < 4.78 is 19.2. The van der Waals surface area contributed by atoms with E-state index in [9.17, 15) is 19.4 Å². The van der Waals surface area contributed by atoms with E-state index in [0.717, 1.165) is 33.6 Å². The molecule has 1 aromatic carbocycles. The molecule has 0 saturated heterocycles. The van der Waals surface area contributed by atoms with Crippen LogP contribution in [0.2, 0.25) is 0 Å². The summed E-state index contributed by atoms with van der Waals surface area (Å²) in [6, 6.07) is 6.35. The van der Waals surface area contributed by atoms with Gasteiger partial charge in [0.15, 0.2) is 0 Å². The van der Waals surface area contributed by atoms with Gasteiger partial charge in [0.05, 0.1) is 25.2 Å². The summed E-state index contributed by atoms with van der Waals surface area (Å²) in [4.78, 5) is 15.8. The Morgan fingerprint density at radius 1 is 1.00 bits per heavy atom. The van der Waals surface area contributed by atoms with Crippen LogP contribution in [0.5, 0.6) is 0 Å². The summed E-state index contributed by atoms with van der Waals surface area (Å²) in [5, 5.41) is 29.2. The molecule has 2 unspecified atom stereocenters. The van der Waals surface area contributed by atoms with E-state index < -0.39 is 24.6 Å². The van der Waals surface area contributed by atoms with E-state index in [4.69, 9.17) is 14.8 Å². The lowest BCUT2D eigenvalue weighted by atomic mass is 9.85. The first kappa shape index (κ1) is 26.9. The third kappa shape index (κ3) is 7.32. The fourth-order valence-corrected chi connectivity index (χ4v) is 4.19. The zero-order valence-corrected chi connectivity index (χ0v) is 20.1. The minimum atomic E-state index is -1.11. The van der Waals surface area contributed by atoms with E-state index >= 15 is 0 Å². The van der Waals surface area contributed by atoms with Gasteiger partial charge in [0.1, 0.15) is 5.82 Å². The number of nitrogens with zero attached hydrogens (tertiary/aromatic N) is 1. The number of aliphatic hydroxyl groups is 2. The Morgan fingerprint density at radius 3 is 2.09 bits per heavy atom. The Balaban J connectivity index is 2.57. The number of halogens is 1. The van der Waals surface area contributed by atoms with Gasteiger partial charge in [-0.1, -0.05) is 39.8 Å². The Morgan fingerprint density at radius 2 is 1.58 bits per heavy atom. The molecule has 33 heavy (non-hydrogen) atoms. The first-order chi connectivity index (χ1) is 15.5. The summed E-state index contributed by atoms with van der Waals surface area (Å²) in [6.45, 7) is 8.62. The number of rotatable bonds is 12. The van der Waals surface area contributed by atoms with Crippen molar-refractivity contribution in [2.45, 2.75) is 84.0 Å². The highest BCUT2D eigenvalue weighted by molar-refractivity contribution is 5.73. The summed E-state index contributed by atoms with van der Waals surface area (Å²) in [7, 11) is 1.63. The largest absolute Gasteiger partial charge is 0.481 e. The molecule has 7 heteroatoms. The van der Waals surface area contributed by atoms with E-state index in [-0.39, 0.29) is 24.1 Å². The third-order valence-corrected chi connectivity index (χ3v) is 5.66. The Labute approximate surface area is 195 Å². The van der Waals surface area contributed by atoms with Crippen molar-refractivity contribution in [1.29, 1.82) is 0 Å². The van der Waals surface area contributed by atoms with Crippen molar-refractivity contribution in [2.75, 3.05) is 7.11 Å². The van der Waals surface area contributed by atoms with Crippen molar-refractivity contribution in [3.63, 3.8) is 0 Å². The summed E-state index contributed by atoms with van der Waals surface area (Å²) in [5.41, 5.74) is 5.54. The van der Waals surface area contributed by atoms with Gasteiger partial charge < -0.3 is 20.1 Å². The smallest absolute Gasteiger partial charge is 0.305 e. The van der Waals surface area contributed by atoms with Gasteiger partial charge in [-0.3, -0.25) is 9.78 Å². The Hall–Kier alpha value is -2.35. The Bertz CT molecular complexity index is 927. The van der Waals surface area contributed by atoms with Crippen molar-refractivity contribution in [2.24, 2.45) is 0 Å². The molecule has 0 aliphatic carbocycles. The summed E-state index contributed by atoms with van der Waals surface area (Å²) >= 11 is 0. The maximum Gasteiger partial charge on any atom is 0.305 e. The van der Waals surface area contributed by atoms with Crippen LogP contribution >= 0.6 is 0 Å². The number of aliphatic hydroxyl groups excluding tert-OH is 2. The maximum absolute atomic E-state index is 13.7. The van der Waals surface area contributed by atoms with Crippen LogP contribution in [0.1, 0.15) is 81.3 Å². The van der Waals surface area contributed by atoms with Crippen LogP contribution in [0, 0.1) is 5.82 Å². The van der Waals surface area contributed by atoms with E-state index in [2.05, 4.69) is 27.7 Å². The highest BCUT2D eigenvalue weighted by atomic mass is 19.1. The highest BCUT2D eigenvalue weighted by Gasteiger charge is 2.25. The van der Waals surface area contributed by atoms with Gasteiger partial charge in [-0.25, -0.2) is 4.39 Å². The van der Waals surface area contributed by atoms with Gasteiger partial charge in [0.25, 0.3) is 0 Å². The number of hydrogen-bond acceptors (Lipinski definition) is 5. The number of carbonyl (C=O) groups is 1. The molecule has 2 atom stereocenters. The van der Waals surface area contributed by atoms with E-state index in [1.165, 1.54) is 12.1 Å². The molecule has 0 spiro atoms. The van der Waals surface area contributed by atoms with Crippen LogP contribution in [-0.4, -0.2) is 45.6 Å². The fraction of sp³-hybridized carbons (Fsp3) is 0.538. The average Bonchev–Trinajstić information content (AvgIpc) is 2.72. The monoisotopic (exact) mass is 461 g/mol. The van der Waals surface area contributed by atoms with Crippen LogP contribution in [0.15, 0.2) is 24.3 Å². The molecule has 0 bridgehead atoms. The molecule has 0 amide bonds. The molecule has 0 fully saturated rings. The molecule has 182 valence electrons. The molecule has 0 aliphatic rings. The van der Waals surface area contributed by atoms with Gasteiger partial charge in [0.2, 0.25) is 0 Å². The third-order valence-electron chi connectivity index (χ3n) is 5.66. The standard InChI is InChI=1S/C26H36FNO5/c1-15(2)25-21(11-10-19(29)12-20(30)13-23(31)32)24(17-6-8-18(27)9-7-17)22(14-33-5)26(28-25)16(3)4/h6-9,15-16,19-20,29-30H,10-14H2,1-5H3,(H,31,32). The number of carboxylic acids is 1. The quantitative estimate of drug-likeness (QED) is 0.420. The average molecular weight is 462 g/mol. The van der Waals surface area contributed by atoms with Crippen molar-refractivity contribution in [1.82, 2.24) is 4.98 Å². The zero-order valence-electron chi connectivity index (χ0n) is 20.1. The van der Waals surface area contributed by atoms with Crippen molar-refractivity contribution >= 4 is 5.97 Å². The molecular formula is C26H36FNO5. The molecule has 3 N–H and O–H groups in total. The molecule has 0 saturated carbocycles. The van der Waals surface area contributed by atoms with E-state index in [0.29, 0.717) is 19.4 Å². The molecule has 1 aromatic heterocycles. The van der Waals surface area contributed by atoms with Gasteiger partial charge in [-0.05, 0) is 59.9 Å². The lowest BCUT2D eigenvalue weighted by Gasteiger charge is -2.25. The van der Waals surface area contributed by atoms with Crippen molar-refractivity contribution in [3.8, 4) is 11.1 Å². The SMILES string of the molecule is COCc1c(C(C)C)nc(C(C)C)c(CCC(O)CC(O)CC(=O)O)c1-c1ccc(F)cc1. The van der Waals surface area contributed by atoms with Gasteiger partial charge >= 0.3 is 5.97 Å². The number of methoxy groups -OCH3 is 1. The topological polar surface area (TPSA) is 99.9 Å². The predicted octanol–water partition coefficient (Wildman–Crippen LogP) is 4.80. The fourth-order valence-electron chi connectivity index (χ4n) is 4.19. The summed E-state index contributed by atoms with van der Waals surface area (Å²) in [6.07, 6.45) is -1.58. The van der Waals surface area contributed by atoms with Crippen LogP contribution < -0.4 is 0 Å². The minimum Gasteiger partial charge on any atom is -0.481 e. The maximum atomic E-state index is 13.7. The number of carboxylic acid groups (broad SMARTS) is 1. The van der Waals surface area contributed by atoms with Crippen LogP contribution in [-0.2, 0) is 22.6 Å². The normalized spacial score (nSPS) is 13.5. The number of benzene rings is 1. The Kier molecular flexibility index (Phi) is 9.95. The number of pyridine rings is 1. The molecular weight excluding hydrogens is 425 g/mol. The second-order valence-electron chi connectivity index (χ2n) is 9.14. The zero-order chi connectivity index (χ0) is 24.7. The van der Waals surface area contributed by atoms with Crippen LogP contribution in [0.25, 0.3) is 11.1 Å². The van der Waals surface area contributed by atoms with Crippen molar-refractivity contribution < 1.29 is 29.2 Å². The van der Waals surface area contributed by atoms with Gasteiger partial charge in [-0.2, -0.15) is 0 Å². The first-order valence-corrected chi connectivity index (χ1v) is 11.4. The summed E-state index contributed by atoms with van der Waals surface area (Å²) in [5.74, 6) is -1.16.